The Morgan fingerprint density at radius 1 is 0.667 bits per heavy atom. The smallest absolute Gasteiger partial charge is 0.355 e. The van der Waals surface area contributed by atoms with Crippen LogP contribution < -0.4 is 9.92 Å². The van der Waals surface area contributed by atoms with Crippen LogP contribution in [0.1, 0.15) is 0 Å². The third kappa shape index (κ3) is 3.74. The molecule has 3 aromatic carbocycles. The van der Waals surface area contributed by atoms with E-state index in [0.717, 1.165) is 27.8 Å². The highest BCUT2D eigenvalue weighted by Gasteiger charge is 2.13. The van der Waals surface area contributed by atoms with E-state index < -0.39 is 9.28 Å². The van der Waals surface area contributed by atoms with E-state index in [1.807, 2.05) is 48.5 Å². The van der Waals surface area contributed by atoms with Crippen LogP contribution in [0.15, 0.2) is 78.9 Å². The molecule has 0 aliphatic carbocycles. The minimum absolute atomic E-state index is 0.827. The Balaban J connectivity index is 1.89. The van der Waals surface area contributed by atoms with E-state index in [2.05, 4.69) is 30.3 Å². The molecular weight excluding hydrogens is 316 g/mol. The maximum atomic E-state index is 6.04. The number of ether oxygens (including phenoxy) is 1. The van der Waals surface area contributed by atoms with E-state index >= 15 is 0 Å². The van der Waals surface area contributed by atoms with E-state index in [1.54, 1.807) is 14.2 Å². The van der Waals surface area contributed by atoms with Crippen LogP contribution in [-0.4, -0.2) is 23.5 Å². The molecule has 0 amide bonds. The second-order valence-electron chi connectivity index (χ2n) is 5.34. The lowest BCUT2D eigenvalue weighted by molar-refractivity contribution is 0.292. The summed E-state index contributed by atoms with van der Waals surface area (Å²) in [4.78, 5) is 0. The highest BCUT2D eigenvalue weighted by atomic mass is 28.3. The van der Waals surface area contributed by atoms with E-state index in [4.69, 9.17) is 13.6 Å². The van der Waals surface area contributed by atoms with Gasteiger partial charge in [0.05, 0.1) is 0 Å². The highest BCUT2D eigenvalue weighted by molar-refractivity contribution is 6.61. The van der Waals surface area contributed by atoms with Crippen LogP contribution in [0.3, 0.4) is 0 Å². The molecule has 0 aliphatic heterocycles. The molecule has 0 aliphatic rings. The van der Waals surface area contributed by atoms with Crippen molar-refractivity contribution in [1.29, 1.82) is 0 Å². The maximum absolute atomic E-state index is 6.04. The number of hydrogen-bond donors (Lipinski definition) is 0. The molecule has 0 unspecified atom stereocenters. The fraction of sp³-hybridized carbons (Fsp3) is 0.100. The largest absolute Gasteiger partial charge is 0.457 e. The van der Waals surface area contributed by atoms with Gasteiger partial charge in [-0.15, -0.1) is 0 Å². The summed E-state index contributed by atoms with van der Waals surface area (Å²) in [7, 11) is 1.62. The van der Waals surface area contributed by atoms with Crippen molar-refractivity contribution >= 4 is 14.5 Å². The number of benzene rings is 3. The first-order valence-corrected chi connectivity index (χ1v) is 9.31. The molecule has 0 heterocycles. The summed E-state index contributed by atoms with van der Waals surface area (Å²) in [6, 6.07) is 26.2. The Labute approximate surface area is 144 Å². The zero-order chi connectivity index (χ0) is 16.8. The van der Waals surface area contributed by atoms with Gasteiger partial charge in [-0.2, -0.15) is 0 Å². The summed E-state index contributed by atoms with van der Waals surface area (Å²) >= 11 is 0. The van der Waals surface area contributed by atoms with E-state index in [0.29, 0.717) is 0 Å². The molecule has 0 spiro atoms. The molecule has 0 atom stereocenters. The van der Waals surface area contributed by atoms with Crippen LogP contribution in [0.25, 0.3) is 11.1 Å². The van der Waals surface area contributed by atoms with Crippen molar-refractivity contribution in [2.75, 3.05) is 14.2 Å². The van der Waals surface area contributed by atoms with Crippen LogP contribution in [0.5, 0.6) is 11.5 Å². The Kier molecular flexibility index (Phi) is 5.43. The topological polar surface area (TPSA) is 27.7 Å². The van der Waals surface area contributed by atoms with Gasteiger partial charge in [0.2, 0.25) is 0 Å². The maximum Gasteiger partial charge on any atom is 0.355 e. The molecule has 3 nitrogen and oxygen atoms in total. The lowest BCUT2D eigenvalue weighted by Gasteiger charge is -2.14. The quantitative estimate of drug-likeness (QED) is 0.640. The van der Waals surface area contributed by atoms with Gasteiger partial charge in [-0.25, -0.2) is 0 Å². The minimum atomic E-state index is -1.76. The zero-order valence-corrected chi connectivity index (χ0v) is 15.0. The fourth-order valence-electron chi connectivity index (χ4n) is 2.60. The van der Waals surface area contributed by atoms with Crippen molar-refractivity contribution in [3.05, 3.63) is 78.9 Å². The summed E-state index contributed by atoms with van der Waals surface area (Å²) in [6.07, 6.45) is 0. The molecule has 4 heteroatoms. The number of para-hydroxylation sites is 2. The Morgan fingerprint density at radius 2 is 1.29 bits per heavy atom. The molecule has 0 saturated carbocycles. The highest BCUT2D eigenvalue weighted by Crippen LogP contribution is 2.32. The van der Waals surface area contributed by atoms with Gasteiger partial charge in [0.25, 0.3) is 0 Å². The van der Waals surface area contributed by atoms with E-state index in [1.165, 1.54) is 0 Å². The van der Waals surface area contributed by atoms with Gasteiger partial charge < -0.3 is 13.6 Å². The fourth-order valence-corrected chi connectivity index (χ4v) is 3.84. The Hall–Kier alpha value is -2.40. The molecule has 0 N–H and O–H groups in total. The van der Waals surface area contributed by atoms with Gasteiger partial charge in [0.1, 0.15) is 11.5 Å². The van der Waals surface area contributed by atoms with Crippen molar-refractivity contribution in [3.63, 3.8) is 0 Å². The average Bonchev–Trinajstić information content (AvgIpc) is 2.65. The molecule has 0 aromatic heterocycles. The van der Waals surface area contributed by atoms with Crippen LogP contribution in [0.4, 0.5) is 0 Å². The molecule has 3 rings (SSSR count). The Morgan fingerprint density at radius 3 is 1.96 bits per heavy atom. The van der Waals surface area contributed by atoms with Crippen LogP contribution in [0.2, 0.25) is 0 Å². The van der Waals surface area contributed by atoms with Crippen LogP contribution in [0, 0.1) is 0 Å². The third-order valence-corrected chi connectivity index (χ3v) is 5.57. The normalized spacial score (nSPS) is 10.8. The summed E-state index contributed by atoms with van der Waals surface area (Å²) in [5.74, 6) is 1.66. The first-order chi connectivity index (χ1) is 11.8. The van der Waals surface area contributed by atoms with Gasteiger partial charge in [0.15, 0.2) is 0 Å². The summed E-state index contributed by atoms with van der Waals surface area (Å²) in [5, 5.41) is 1.12. The summed E-state index contributed by atoms with van der Waals surface area (Å²) in [6.45, 7) is 0. The molecule has 122 valence electrons. The second-order valence-corrected chi connectivity index (χ2v) is 7.61. The number of rotatable bonds is 6. The average molecular weight is 336 g/mol. The van der Waals surface area contributed by atoms with E-state index in [9.17, 15) is 0 Å². The third-order valence-electron chi connectivity index (χ3n) is 3.78. The minimum Gasteiger partial charge on any atom is -0.457 e. The summed E-state index contributed by atoms with van der Waals surface area (Å²) < 4.78 is 16.9. The van der Waals surface area contributed by atoms with Crippen molar-refractivity contribution in [1.82, 2.24) is 0 Å². The first kappa shape index (κ1) is 16.5. The van der Waals surface area contributed by atoms with Crippen LogP contribution in [-0.2, 0) is 8.85 Å². The van der Waals surface area contributed by atoms with Crippen molar-refractivity contribution in [2.24, 2.45) is 0 Å². The van der Waals surface area contributed by atoms with Gasteiger partial charge in [0, 0.05) is 19.8 Å². The number of hydrogen-bond acceptors (Lipinski definition) is 3. The van der Waals surface area contributed by atoms with Gasteiger partial charge in [-0.05, 0) is 28.9 Å². The molecule has 0 bridgehead atoms. The van der Waals surface area contributed by atoms with Gasteiger partial charge in [-0.3, -0.25) is 0 Å². The van der Waals surface area contributed by atoms with E-state index in [-0.39, 0.29) is 0 Å². The second kappa shape index (κ2) is 7.92. The zero-order valence-electron chi connectivity index (χ0n) is 13.8. The summed E-state index contributed by atoms with van der Waals surface area (Å²) in [5.41, 5.74) is 2.16. The van der Waals surface area contributed by atoms with Crippen molar-refractivity contribution in [3.8, 4) is 22.6 Å². The Bertz CT molecular complexity index is 768. The molecule has 24 heavy (non-hydrogen) atoms. The standard InChI is InChI=1S/C20H20O3Si/c1-21-24(22-2)18-14-12-16(13-15-18)19-10-6-7-11-20(19)23-17-8-4-3-5-9-17/h3-15,24H,1-2H3. The molecular formula is C20H20O3Si. The van der Waals surface area contributed by atoms with Crippen LogP contribution >= 0.6 is 0 Å². The van der Waals surface area contributed by atoms with Crippen molar-refractivity contribution < 1.29 is 13.6 Å². The first-order valence-electron chi connectivity index (χ1n) is 7.79. The predicted molar refractivity (Wildman–Crippen MR) is 99.2 cm³/mol. The molecule has 0 saturated heterocycles. The monoisotopic (exact) mass is 336 g/mol. The molecule has 0 fully saturated rings. The van der Waals surface area contributed by atoms with Crippen molar-refractivity contribution in [2.45, 2.75) is 0 Å². The van der Waals surface area contributed by atoms with Gasteiger partial charge >= 0.3 is 9.28 Å². The lowest BCUT2D eigenvalue weighted by atomic mass is 10.0. The lowest BCUT2D eigenvalue weighted by Crippen LogP contribution is -2.34. The van der Waals surface area contributed by atoms with Gasteiger partial charge in [-0.1, -0.05) is 60.7 Å². The molecule has 0 radical (unpaired) electrons. The predicted octanol–water partition coefficient (Wildman–Crippen LogP) is 3.87. The molecule has 3 aromatic rings. The SMILES string of the molecule is CO[SiH](OC)c1ccc(-c2ccccc2Oc2ccccc2)cc1.